The maximum Gasteiger partial charge on any atom is 0.270 e. The van der Waals surface area contributed by atoms with Crippen LogP contribution in [0.15, 0.2) is 59.7 Å². The first-order chi connectivity index (χ1) is 14.5. The van der Waals surface area contributed by atoms with Gasteiger partial charge in [0.1, 0.15) is 11.5 Å². The van der Waals surface area contributed by atoms with E-state index in [4.69, 9.17) is 0 Å². The average Bonchev–Trinajstić information content (AvgIpc) is 2.77. The van der Waals surface area contributed by atoms with Crippen molar-refractivity contribution in [3.63, 3.8) is 0 Å². The van der Waals surface area contributed by atoms with Gasteiger partial charge in [0.05, 0.1) is 12.2 Å². The number of nitrogens with one attached hydrogen (secondary N) is 1. The predicted octanol–water partition coefficient (Wildman–Crippen LogP) is 2.47. The molecule has 7 nitrogen and oxygen atoms in total. The number of amides is 3. The van der Waals surface area contributed by atoms with Crippen molar-refractivity contribution in [2.24, 2.45) is 5.10 Å². The van der Waals surface area contributed by atoms with Gasteiger partial charge >= 0.3 is 0 Å². The van der Waals surface area contributed by atoms with Crippen molar-refractivity contribution in [3.8, 4) is 0 Å². The molecule has 0 fully saturated rings. The van der Waals surface area contributed by atoms with E-state index in [0.717, 1.165) is 5.56 Å². The molecule has 0 atom stereocenters. The second kappa shape index (κ2) is 9.78. The summed E-state index contributed by atoms with van der Waals surface area (Å²) in [7, 11) is 0. The minimum Gasteiger partial charge on any atom is -0.350 e. The van der Waals surface area contributed by atoms with E-state index < -0.39 is 0 Å². The summed E-state index contributed by atoms with van der Waals surface area (Å²) < 4.78 is 13.0. The highest BCUT2D eigenvalue weighted by Gasteiger charge is 2.28. The van der Waals surface area contributed by atoms with Crippen LogP contribution in [-0.2, 0) is 20.9 Å². The predicted molar refractivity (Wildman–Crippen MR) is 111 cm³/mol. The fourth-order valence-electron chi connectivity index (χ4n) is 3.02. The first-order valence-corrected chi connectivity index (χ1v) is 9.74. The van der Waals surface area contributed by atoms with Gasteiger partial charge in [-0.15, -0.1) is 0 Å². The van der Waals surface area contributed by atoms with Crippen molar-refractivity contribution >= 4 is 29.1 Å². The highest BCUT2D eigenvalue weighted by Crippen LogP contribution is 2.20. The zero-order chi connectivity index (χ0) is 21.5. The summed E-state index contributed by atoms with van der Waals surface area (Å²) in [4.78, 5) is 38.8. The number of anilines is 1. The second-order valence-corrected chi connectivity index (χ2v) is 6.81. The zero-order valence-corrected chi connectivity index (χ0v) is 16.7. The van der Waals surface area contributed by atoms with Gasteiger partial charge in [-0.25, -0.2) is 9.40 Å². The van der Waals surface area contributed by atoms with Crippen molar-refractivity contribution in [2.45, 2.75) is 26.3 Å². The van der Waals surface area contributed by atoms with Crippen molar-refractivity contribution in [3.05, 3.63) is 66.0 Å². The number of benzene rings is 2. The van der Waals surface area contributed by atoms with E-state index in [-0.39, 0.29) is 55.2 Å². The summed E-state index contributed by atoms with van der Waals surface area (Å²) in [6.45, 7) is 2.20. The topological polar surface area (TPSA) is 82.1 Å². The summed E-state index contributed by atoms with van der Waals surface area (Å²) >= 11 is 0. The molecular weight excluding hydrogens is 387 g/mol. The average molecular weight is 410 g/mol. The molecule has 1 aliphatic heterocycles. The van der Waals surface area contributed by atoms with Crippen molar-refractivity contribution in [2.75, 3.05) is 18.1 Å². The van der Waals surface area contributed by atoms with E-state index in [9.17, 15) is 18.8 Å². The molecule has 2 aromatic rings. The Labute approximate surface area is 174 Å². The molecule has 0 radical (unpaired) electrons. The molecule has 30 heavy (non-hydrogen) atoms. The fourth-order valence-corrected chi connectivity index (χ4v) is 3.02. The summed E-state index contributed by atoms with van der Waals surface area (Å²) in [5, 5.41) is 8.21. The summed E-state index contributed by atoms with van der Waals surface area (Å²) in [6.07, 6.45) is 0.405. The van der Waals surface area contributed by atoms with Crippen LogP contribution in [0.25, 0.3) is 0 Å². The molecule has 1 heterocycles. The Morgan fingerprint density at radius 2 is 1.80 bits per heavy atom. The number of likely N-dealkylation sites (N-methyl/N-ethyl adjacent to an activating group) is 1. The van der Waals surface area contributed by atoms with Crippen LogP contribution in [0.1, 0.15) is 25.3 Å². The maximum atomic E-state index is 13.0. The highest BCUT2D eigenvalue weighted by atomic mass is 19.1. The lowest BCUT2D eigenvalue weighted by Crippen LogP contribution is -2.45. The molecule has 1 N–H and O–H groups in total. The Morgan fingerprint density at radius 3 is 2.47 bits per heavy atom. The van der Waals surface area contributed by atoms with Crippen LogP contribution < -0.4 is 10.3 Å². The normalized spacial score (nSPS) is 13.6. The van der Waals surface area contributed by atoms with E-state index in [2.05, 4.69) is 10.4 Å². The van der Waals surface area contributed by atoms with Gasteiger partial charge in [-0.1, -0.05) is 30.3 Å². The molecule has 2 aromatic carbocycles. The van der Waals surface area contributed by atoms with Gasteiger partial charge in [0.15, 0.2) is 0 Å². The van der Waals surface area contributed by atoms with Crippen molar-refractivity contribution in [1.82, 2.24) is 10.2 Å². The molecule has 0 saturated heterocycles. The molecule has 0 bridgehead atoms. The molecule has 0 aliphatic carbocycles. The number of halogens is 1. The van der Waals surface area contributed by atoms with Crippen molar-refractivity contribution in [1.29, 1.82) is 0 Å². The van der Waals surface area contributed by atoms with Gasteiger partial charge in [-0.3, -0.25) is 14.4 Å². The third-order valence-electron chi connectivity index (χ3n) is 4.69. The number of rotatable bonds is 7. The van der Waals surface area contributed by atoms with Crippen LogP contribution in [0.5, 0.6) is 0 Å². The molecular formula is C22H23FN4O3. The molecule has 0 aromatic heterocycles. The lowest BCUT2D eigenvalue weighted by molar-refractivity contribution is -0.131. The highest BCUT2D eigenvalue weighted by molar-refractivity contribution is 6.40. The van der Waals surface area contributed by atoms with Gasteiger partial charge < -0.3 is 10.2 Å². The Hall–Kier alpha value is -3.55. The largest absolute Gasteiger partial charge is 0.350 e. The summed E-state index contributed by atoms with van der Waals surface area (Å²) in [6, 6.07) is 14.7. The van der Waals surface area contributed by atoms with E-state index in [1.54, 1.807) is 43.3 Å². The van der Waals surface area contributed by atoms with Crippen LogP contribution in [-0.4, -0.2) is 41.4 Å². The molecule has 8 heteroatoms. The van der Waals surface area contributed by atoms with E-state index in [0.29, 0.717) is 12.2 Å². The number of carbonyl (C=O) groups is 3. The molecule has 0 unspecified atom stereocenters. The van der Waals surface area contributed by atoms with Crippen molar-refractivity contribution < 1.29 is 18.8 Å². The van der Waals surface area contributed by atoms with Crippen LogP contribution in [0, 0.1) is 5.82 Å². The third kappa shape index (κ3) is 5.28. The first-order valence-electron chi connectivity index (χ1n) is 9.74. The lowest BCUT2D eigenvalue weighted by atomic mass is 10.1. The van der Waals surface area contributed by atoms with Gasteiger partial charge in [0.2, 0.25) is 11.8 Å². The van der Waals surface area contributed by atoms with Gasteiger partial charge in [0.25, 0.3) is 5.91 Å². The van der Waals surface area contributed by atoms with Gasteiger partial charge in [-0.2, -0.15) is 5.10 Å². The monoisotopic (exact) mass is 410 g/mol. The summed E-state index contributed by atoms with van der Waals surface area (Å²) in [5.74, 6) is -1.23. The Kier molecular flexibility index (Phi) is 6.90. The first kappa shape index (κ1) is 21.2. The number of hydrogen-bond donors (Lipinski definition) is 1. The Bertz CT molecular complexity index is 945. The number of nitrogens with zero attached hydrogens (tertiary/aromatic N) is 3. The van der Waals surface area contributed by atoms with Crippen LogP contribution in [0.3, 0.4) is 0 Å². The zero-order valence-electron chi connectivity index (χ0n) is 16.7. The summed E-state index contributed by atoms with van der Waals surface area (Å²) in [5.41, 5.74) is 1.59. The minimum atomic E-state index is -0.372. The van der Waals surface area contributed by atoms with E-state index in [1.165, 1.54) is 22.0 Å². The maximum absolute atomic E-state index is 13.0. The molecule has 1 aliphatic rings. The smallest absolute Gasteiger partial charge is 0.270 e. The quantitative estimate of drug-likeness (QED) is 0.761. The van der Waals surface area contributed by atoms with Crippen LogP contribution in [0.2, 0.25) is 0 Å². The lowest BCUT2D eigenvalue weighted by Gasteiger charge is -2.26. The van der Waals surface area contributed by atoms with Crippen LogP contribution in [0.4, 0.5) is 10.1 Å². The number of hydrazone groups is 1. The fraction of sp³-hybridized carbons (Fsp3) is 0.273. The third-order valence-corrected chi connectivity index (χ3v) is 4.69. The van der Waals surface area contributed by atoms with Crippen LogP contribution >= 0.6 is 0 Å². The molecule has 3 amide bonds. The molecule has 0 saturated carbocycles. The standard InChI is InChI=1S/C22H23FN4O3/c1-2-26(15-20(28)24-14-16-8-10-17(23)11-9-16)22(30)19-12-13-21(29)27(25-19)18-6-4-3-5-7-18/h3-11H,2,12-15H2,1H3,(H,24,28). The second-order valence-electron chi connectivity index (χ2n) is 6.81. The van der Waals surface area contributed by atoms with Gasteiger partial charge in [-0.05, 0) is 36.8 Å². The molecule has 0 spiro atoms. The Morgan fingerprint density at radius 1 is 1.10 bits per heavy atom. The van der Waals surface area contributed by atoms with E-state index >= 15 is 0 Å². The van der Waals surface area contributed by atoms with Gasteiger partial charge in [0, 0.05) is 25.9 Å². The number of hydrogen-bond acceptors (Lipinski definition) is 4. The molecule has 156 valence electrons. The van der Waals surface area contributed by atoms with E-state index in [1.807, 2.05) is 6.07 Å². The number of para-hydroxylation sites is 1. The SMILES string of the molecule is CCN(CC(=O)NCc1ccc(F)cc1)C(=O)C1=NN(c2ccccc2)C(=O)CC1. The minimum absolute atomic E-state index is 0.130. The number of carbonyl (C=O) groups excluding carboxylic acids is 3. The molecule has 3 rings (SSSR count). The Balaban J connectivity index is 1.63.